The second-order valence-corrected chi connectivity index (χ2v) is 7.01. The van der Waals surface area contributed by atoms with Gasteiger partial charge >= 0.3 is 0 Å². The van der Waals surface area contributed by atoms with E-state index in [1.54, 1.807) is 6.07 Å². The van der Waals surface area contributed by atoms with Crippen LogP contribution in [0.4, 0.5) is 4.39 Å². The van der Waals surface area contributed by atoms with Crippen molar-refractivity contribution < 1.29 is 4.39 Å². The summed E-state index contributed by atoms with van der Waals surface area (Å²) in [4.78, 5) is 7.13. The van der Waals surface area contributed by atoms with Gasteiger partial charge in [-0.3, -0.25) is 0 Å². The molecule has 2 rings (SSSR count). The summed E-state index contributed by atoms with van der Waals surface area (Å²) in [7, 11) is 0. The van der Waals surface area contributed by atoms with E-state index < -0.39 is 0 Å². The molecule has 0 saturated carbocycles. The molecule has 0 amide bonds. The van der Waals surface area contributed by atoms with E-state index >= 15 is 0 Å². The number of guanidine groups is 1. The van der Waals surface area contributed by atoms with Gasteiger partial charge in [0.25, 0.3) is 0 Å². The first kappa shape index (κ1) is 19.7. The molecule has 25 heavy (non-hydrogen) atoms. The first-order chi connectivity index (χ1) is 12.2. The minimum atomic E-state index is -0.210. The molecule has 4 nitrogen and oxygen atoms in total. The first-order valence-electron chi connectivity index (χ1n) is 9.66. The van der Waals surface area contributed by atoms with Gasteiger partial charge in [0.2, 0.25) is 0 Å². The van der Waals surface area contributed by atoms with E-state index in [1.165, 1.54) is 51.0 Å². The SMILES string of the molecule is CCNC(=NCc1cccc(F)c1)NCCCCN1CCCC(C)C1. The summed E-state index contributed by atoms with van der Waals surface area (Å²) >= 11 is 0. The predicted molar refractivity (Wildman–Crippen MR) is 103 cm³/mol. The average molecular weight is 349 g/mol. The number of unbranched alkanes of at least 4 members (excludes halogenated alkanes) is 1. The van der Waals surface area contributed by atoms with Gasteiger partial charge in [-0.2, -0.15) is 0 Å². The lowest BCUT2D eigenvalue weighted by Crippen LogP contribution is -2.38. The summed E-state index contributed by atoms with van der Waals surface area (Å²) in [6.45, 7) is 10.3. The highest BCUT2D eigenvalue weighted by Crippen LogP contribution is 2.15. The Bertz CT molecular complexity index is 532. The first-order valence-corrected chi connectivity index (χ1v) is 9.66. The third kappa shape index (κ3) is 7.86. The van der Waals surface area contributed by atoms with Crippen molar-refractivity contribution >= 4 is 5.96 Å². The highest BCUT2D eigenvalue weighted by molar-refractivity contribution is 5.79. The van der Waals surface area contributed by atoms with Crippen LogP contribution in [0.15, 0.2) is 29.3 Å². The highest BCUT2D eigenvalue weighted by Gasteiger charge is 2.15. The van der Waals surface area contributed by atoms with Crippen molar-refractivity contribution in [2.45, 2.75) is 46.1 Å². The fourth-order valence-electron chi connectivity index (χ4n) is 3.30. The minimum Gasteiger partial charge on any atom is -0.357 e. The van der Waals surface area contributed by atoms with Gasteiger partial charge < -0.3 is 15.5 Å². The van der Waals surface area contributed by atoms with Crippen LogP contribution in [0.2, 0.25) is 0 Å². The molecule has 1 aromatic rings. The number of rotatable bonds is 8. The van der Waals surface area contributed by atoms with Crippen molar-refractivity contribution in [1.82, 2.24) is 15.5 Å². The third-order valence-corrected chi connectivity index (χ3v) is 4.59. The lowest BCUT2D eigenvalue weighted by Gasteiger charge is -2.30. The monoisotopic (exact) mass is 348 g/mol. The maximum absolute atomic E-state index is 13.2. The van der Waals surface area contributed by atoms with Crippen LogP contribution in [-0.2, 0) is 6.54 Å². The molecule has 1 aliphatic rings. The summed E-state index contributed by atoms with van der Waals surface area (Å²) in [5.74, 6) is 1.44. The van der Waals surface area contributed by atoms with E-state index in [0.29, 0.717) is 6.54 Å². The molecule has 1 aromatic carbocycles. The fourth-order valence-corrected chi connectivity index (χ4v) is 3.30. The number of nitrogens with one attached hydrogen (secondary N) is 2. The zero-order valence-corrected chi connectivity index (χ0v) is 15.7. The molecule has 0 aliphatic carbocycles. The van der Waals surface area contributed by atoms with Gasteiger partial charge in [0.05, 0.1) is 6.54 Å². The maximum Gasteiger partial charge on any atom is 0.191 e. The number of nitrogens with zero attached hydrogens (tertiary/aromatic N) is 2. The number of piperidine rings is 1. The van der Waals surface area contributed by atoms with E-state index in [4.69, 9.17) is 0 Å². The van der Waals surface area contributed by atoms with Gasteiger partial charge in [-0.25, -0.2) is 9.38 Å². The van der Waals surface area contributed by atoms with Crippen LogP contribution in [0, 0.1) is 11.7 Å². The van der Waals surface area contributed by atoms with Crippen LogP contribution >= 0.6 is 0 Å². The van der Waals surface area contributed by atoms with Crippen molar-refractivity contribution in [3.05, 3.63) is 35.6 Å². The number of hydrogen-bond donors (Lipinski definition) is 2. The Morgan fingerprint density at radius 3 is 2.96 bits per heavy atom. The fraction of sp³-hybridized carbons (Fsp3) is 0.650. The Morgan fingerprint density at radius 1 is 1.32 bits per heavy atom. The molecule has 1 unspecified atom stereocenters. The number of likely N-dealkylation sites (tertiary alicyclic amines) is 1. The van der Waals surface area contributed by atoms with Crippen LogP contribution in [0.5, 0.6) is 0 Å². The smallest absolute Gasteiger partial charge is 0.191 e. The molecular weight excluding hydrogens is 315 g/mol. The summed E-state index contributed by atoms with van der Waals surface area (Å²) in [6, 6.07) is 6.62. The van der Waals surface area contributed by atoms with Crippen molar-refractivity contribution in [3.63, 3.8) is 0 Å². The van der Waals surface area contributed by atoms with Gasteiger partial charge in [0.1, 0.15) is 5.82 Å². The zero-order chi connectivity index (χ0) is 17.9. The highest BCUT2D eigenvalue weighted by atomic mass is 19.1. The standard InChI is InChI=1S/C20H33FN4/c1-3-22-20(24-15-18-9-6-10-19(21)14-18)23-11-4-5-12-25-13-7-8-17(2)16-25/h6,9-10,14,17H,3-5,7-8,11-13,15-16H2,1-2H3,(H2,22,23,24). The van der Waals surface area contributed by atoms with E-state index in [0.717, 1.165) is 37.0 Å². The van der Waals surface area contributed by atoms with Gasteiger partial charge in [-0.15, -0.1) is 0 Å². The summed E-state index contributed by atoms with van der Waals surface area (Å²) in [6.07, 6.45) is 5.07. The molecule has 5 heteroatoms. The van der Waals surface area contributed by atoms with Crippen molar-refractivity contribution in [3.8, 4) is 0 Å². The molecule has 140 valence electrons. The Labute approximate surface area is 151 Å². The molecule has 0 radical (unpaired) electrons. The molecule has 1 atom stereocenters. The van der Waals surface area contributed by atoms with Crippen LogP contribution in [-0.4, -0.2) is 43.6 Å². The quantitative estimate of drug-likeness (QED) is 0.430. The van der Waals surface area contributed by atoms with Crippen molar-refractivity contribution in [2.75, 3.05) is 32.7 Å². The van der Waals surface area contributed by atoms with E-state index in [1.807, 2.05) is 6.07 Å². The van der Waals surface area contributed by atoms with Gasteiger partial charge in [0, 0.05) is 19.6 Å². The Balaban J connectivity index is 1.67. The van der Waals surface area contributed by atoms with Gasteiger partial charge in [-0.05, 0) is 69.3 Å². The molecular formula is C20H33FN4. The summed E-state index contributed by atoms with van der Waals surface area (Å²) in [5.41, 5.74) is 0.886. The largest absolute Gasteiger partial charge is 0.357 e. The van der Waals surface area contributed by atoms with E-state index in [2.05, 4.69) is 34.4 Å². The second-order valence-electron chi connectivity index (χ2n) is 7.01. The average Bonchev–Trinajstić information content (AvgIpc) is 2.59. The zero-order valence-electron chi connectivity index (χ0n) is 15.7. The summed E-state index contributed by atoms with van der Waals surface area (Å²) in [5, 5.41) is 6.63. The van der Waals surface area contributed by atoms with Gasteiger partial charge in [-0.1, -0.05) is 19.1 Å². The molecule has 0 spiro atoms. The molecule has 1 fully saturated rings. The summed E-state index contributed by atoms with van der Waals surface area (Å²) < 4.78 is 13.2. The van der Waals surface area contributed by atoms with Crippen LogP contribution in [0.25, 0.3) is 0 Å². The lowest BCUT2D eigenvalue weighted by atomic mass is 10.0. The lowest BCUT2D eigenvalue weighted by molar-refractivity contribution is 0.181. The van der Waals surface area contributed by atoms with Crippen LogP contribution in [0.3, 0.4) is 0 Å². The topological polar surface area (TPSA) is 39.7 Å². The van der Waals surface area contributed by atoms with Crippen molar-refractivity contribution in [2.24, 2.45) is 10.9 Å². The molecule has 0 aromatic heterocycles. The normalized spacial score (nSPS) is 19.0. The number of aliphatic imine (C=N–C) groups is 1. The van der Waals surface area contributed by atoms with E-state index in [9.17, 15) is 4.39 Å². The van der Waals surface area contributed by atoms with E-state index in [-0.39, 0.29) is 5.82 Å². The minimum absolute atomic E-state index is 0.210. The molecule has 2 N–H and O–H groups in total. The molecule has 0 bridgehead atoms. The number of halogens is 1. The van der Waals surface area contributed by atoms with Gasteiger partial charge in [0.15, 0.2) is 5.96 Å². The molecule has 1 aliphatic heterocycles. The van der Waals surface area contributed by atoms with Crippen molar-refractivity contribution in [1.29, 1.82) is 0 Å². The Kier molecular flexibility index (Phi) is 8.73. The molecule has 1 heterocycles. The second kappa shape index (κ2) is 11.1. The maximum atomic E-state index is 13.2. The number of hydrogen-bond acceptors (Lipinski definition) is 2. The molecule has 1 saturated heterocycles. The Hall–Kier alpha value is -1.62. The Morgan fingerprint density at radius 2 is 2.20 bits per heavy atom. The predicted octanol–water partition coefficient (Wildman–Crippen LogP) is 3.39. The van der Waals surface area contributed by atoms with Crippen LogP contribution in [0.1, 0.15) is 45.1 Å². The third-order valence-electron chi connectivity index (χ3n) is 4.59. The number of benzene rings is 1. The van der Waals surface area contributed by atoms with Crippen LogP contribution < -0.4 is 10.6 Å².